The van der Waals surface area contributed by atoms with Crippen LogP contribution in [0.3, 0.4) is 0 Å². The number of rotatable bonds is 4. The van der Waals surface area contributed by atoms with Crippen molar-refractivity contribution in [1.82, 2.24) is 0 Å². The van der Waals surface area contributed by atoms with E-state index >= 15 is 0 Å². The van der Waals surface area contributed by atoms with E-state index in [4.69, 9.17) is 27.9 Å². The molecular formula is C16H13Cl2NO2. The molecule has 0 aliphatic rings. The average molecular weight is 322 g/mol. The SMILES string of the molecule is Cc1cc(C)c(OCc2c(Cl)cccc2N=C=O)cc1Cl. The standard InChI is InChI=1S/C16H13Cl2NO2/c1-10-6-11(2)16(7-14(10)18)21-8-12-13(17)4-3-5-15(12)19-9-20/h3-7H,8H2,1-2H3. The van der Waals surface area contributed by atoms with Gasteiger partial charge in [0.15, 0.2) is 0 Å². The Kier molecular flexibility index (Phi) is 5.03. The van der Waals surface area contributed by atoms with Crippen LogP contribution in [-0.2, 0) is 11.4 Å². The Bertz CT molecular complexity index is 722. The molecule has 0 atom stereocenters. The summed E-state index contributed by atoms with van der Waals surface area (Å²) in [6, 6.07) is 8.85. The second-order valence-electron chi connectivity index (χ2n) is 4.60. The van der Waals surface area contributed by atoms with E-state index < -0.39 is 0 Å². The summed E-state index contributed by atoms with van der Waals surface area (Å²) in [5.41, 5.74) is 3.06. The number of hydrogen-bond donors (Lipinski definition) is 0. The number of carbonyl (C=O) groups excluding carboxylic acids is 1. The summed E-state index contributed by atoms with van der Waals surface area (Å²) in [5.74, 6) is 0.673. The summed E-state index contributed by atoms with van der Waals surface area (Å²) >= 11 is 12.2. The lowest BCUT2D eigenvalue weighted by Crippen LogP contribution is -1.99. The molecule has 0 heterocycles. The number of aliphatic imine (C=N–C) groups is 1. The summed E-state index contributed by atoms with van der Waals surface area (Å²) in [6.45, 7) is 4.07. The number of aryl methyl sites for hydroxylation is 2. The third-order valence-corrected chi connectivity index (χ3v) is 3.85. The fourth-order valence-corrected chi connectivity index (χ4v) is 2.33. The van der Waals surface area contributed by atoms with Gasteiger partial charge in [-0.15, -0.1) is 0 Å². The molecule has 0 amide bonds. The maximum absolute atomic E-state index is 10.5. The second-order valence-corrected chi connectivity index (χ2v) is 5.41. The number of ether oxygens (including phenoxy) is 1. The molecular weight excluding hydrogens is 309 g/mol. The number of isocyanates is 1. The van der Waals surface area contributed by atoms with Gasteiger partial charge in [0.1, 0.15) is 12.4 Å². The monoisotopic (exact) mass is 321 g/mol. The van der Waals surface area contributed by atoms with E-state index in [2.05, 4.69) is 4.99 Å². The zero-order valence-electron chi connectivity index (χ0n) is 11.6. The number of halogens is 2. The van der Waals surface area contributed by atoms with Crippen molar-refractivity contribution in [1.29, 1.82) is 0 Å². The van der Waals surface area contributed by atoms with Crippen molar-refractivity contribution in [3.63, 3.8) is 0 Å². The van der Waals surface area contributed by atoms with Crippen LogP contribution in [0.4, 0.5) is 5.69 Å². The van der Waals surface area contributed by atoms with Gasteiger partial charge in [-0.1, -0.05) is 35.3 Å². The van der Waals surface area contributed by atoms with Crippen LogP contribution in [0.2, 0.25) is 10.0 Å². The number of hydrogen-bond acceptors (Lipinski definition) is 3. The molecule has 0 unspecified atom stereocenters. The Morgan fingerprint density at radius 1 is 1.14 bits per heavy atom. The topological polar surface area (TPSA) is 38.7 Å². The van der Waals surface area contributed by atoms with Gasteiger partial charge in [0, 0.05) is 15.6 Å². The Morgan fingerprint density at radius 3 is 2.62 bits per heavy atom. The first kappa shape index (κ1) is 15.6. The zero-order chi connectivity index (χ0) is 15.4. The van der Waals surface area contributed by atoms with Gasteiger partial charge in [-0.3, -0.25) is 0 Å². The third-order valence-electron chi connectivity index (χ3n) is 3.09. The fraction of sp³-hybridized carbons (Fsp3) is 0.188. The molecule has 2 rings (SSSR count). The lowest BCUT2D eigenvalue weighted by molar-refractivity contribution is 0.304. The van der Waals surface area contributed by atoms with Gasteiger partial charge in [0.05, 0.1) is 5.69 Å². The van der Waals surface area contributed by atoms with E-state index in [1.54, 1.807) is 24.3 Å². The van der Waals surface area contributed by atoms with E-state index in [1.165, 1.54) is 6.08 Å². The maximum atomic E-state index is 10.5. The molecule has 0 aliphatic heterocycles. The highest BCUT2D eigenvalue weighted by Crippen LogP contribution is 2.30. The van der Waals surface area contributed by atoms with Gasteiger partial charge < -0.3 is 4.74 Å². The van der Waals surface area contributed by atoms with E-state index in [9.17, 15) is 4.79 Å². The van der Waals surface area contributed by atoms with Gasteiger partial charge in [-0.25, -0.2) is 4.79 Å². The van der Waals surface area contributed by atoms with Gasteiger partial charge >= 0.3 is 0 Å². The Labute approximate surface area is 133 Å². The lowest BCUT2D eigenvalue weighted by atomic mass is 10.1. The minimum absolute atomic E-state index is 0.195. The van der Waals surface area contributed by atoms with Gasteiger partial charge in [-0.2, -0.15) is 4.99 Å². The molecule has 0 bridgehead atoms. The minimum atomic E-state index is 0.195. The third kappa shape index (κ3) is 3.64. The van der Waals surface area contributed by atoms with Crippen molar-refractivity contribution < 1.29 is 9.53 Å². The van der Waals surface area contributed by atoms with Crippen LogP contribution < -0.4 is 4.74 Å². The summed E-state index contributed by atoms with van der Waals surface area (Å²) in [4.78, 5) is 14.1. The summed E-state index contributed by atoms with van der Waals surface area (Å²) in [6.07, 6.45) is 1.52. The summed E-state index contributed by atoms with van der Waals surface area (Å²) in [7, 11) is 0. The van der Waals surface area contributed by atoms with Crippen LogP contribution >= 0.6 is 23.2 Å². The van der Waals surface area contributed by atoms with Crippen LogP contribution in [0.5, 0.6) is 5.75 Å². The quantitative estimate of drug-likeness (QED) is 0.576. The van der Waals surface area contributed by atoms with E-state index in [0.717, 1.165) is 11.1 Å². The first-order valence-electron chi connectivity index (χ1n) is 6.27. The molecule has 0 saturated carbocycles. The second kappa shape index (κ2) is 6.77. The Morgan fingerprint density at radius 2 is 1.90 bits per heavy atom. The van der Waals surface area contributed by atoms with E-state index in [0.29, 0.717) is 27.0 Å². The molecule has 2 aromatic rings. The number of nitrogens with zero attached hydrogens (tertiary/aromatic N) is 1. The summed E-state index contributed by atoms with van der Waals surface area (Å²) in [5, 5.41) is 1.13. The van der Waals surface area contributed by atoms with Crippen LogP contribution in [0.25, 0.3) is 0 Å². The molecule has 2 aromatic carbocycles. The average Bonchev–Trinajstić information content (AvgIpc) is 2.44. The first-order valence-corrected chi connectivity index (χ1v) is 7.03. The van der Waals surface area contributed by atoms with Crippen LogP contribution in [0.1, 0.15) is 16.7 Å². The predicted octanol–water partition coefficient (Wildman–Crippen LogP) is 5.16. The van der Waals surface area contributed by atoms with Gasteiger partial charge in [-0.05, 0) is 43.2 Å². The first-order chi connectivity index (χ1) is 10.0. The Balaban J connectivity index is 2.28. The maximum Gasteiger partial charge on any atom is 0.240 e. The van der Waals surface area contributed by atoms with Crippen LogP contribution in [-0.4, -0.2) is 6.08 Å². The van der Waals surface area contributed by atoms with Crippen molar-refractivity contribution in [2.75, 3.05) is 0 Å². The Hall–Kier alpha value is -1.80. The molecule has 3 nitrogen and oxygen atoms in total. The molecule has 0 spiro atoms. The highest BCUT2D eigenvalue weighted by Gasteiger charge is 2.10. The molecule has 108 valence electrons. The highest BCUT2D eigenvalue weighted by atomic mass is 35.5. The molecule has 21 heavy (non-hydrogen) atoms. The molecule has 0 fully saturated rings. The molecule has 0 aromatic heterocycles. The van der Waals surface area contributed by atoms with Crippen molar-refractivity contribution in [2.45, 2.75) is 20.5 Å². The van der Waals surface area contributed by atoms with Gasteiger partial charge in [0.25, 0.3) is 0 Å². The molecule has 0 radical (unpaired) electrons. The molecule has 0 saturated heterocycles. The van der Waals surface area contributed by atoms with Gasteiger partial charge in [0.2, 0.25) is 6.08 Å². The van der Waals surface area contributed by atoms with Crippen LogP contribution in [0.15, 0.2) is 35.3 Å². The summed E-state index contributed by atoms with van der Waals surface area (Å²) < 4.78 is 5.77. The zero-order valence-corrected chi connectivity index (χ0v) is 13.1. The van der Waals surface area contributed by atoms with E-state index in [-0.39, 0.29) is 6.61 Å². The highest BCUT2D eigenvalue weighted by molar-refractivity contribution is 6.32. The molecule has 0 aliphatic carbocycles. The predicted molar refractivity (Wildman–Crippen MR) is 84.5 cm³/mol. The van der Waals surface area contributed by atoms with Crippen molar-refractivity contribution >= 4 is 35.0 Å². The molecule has 0 N–H and O–H groups in total. The normalized spacial score (nSPS) is 10.1. The fourth-order valence-electron chi connectivity index (χ4n) is 1.96. The minimum Gasteiger partial charge on any atom is -0.488 e. The van der Waals surface area contributed by atoms with Crippen LogP contribution in [0, 0.1) is 13.8 Å². The lowest BCUT2D eigenvalue weighted by Gasteiger charge is -2.13. The van der Waals surface area contributed by atoms with E-state index in [1.807, 2.05) is 19.9 Å². The smallest absolute Gasteiger partial charge is 0.240 e. The number of benzene rings is 2. The van der Waals surface area contributed by atoms with Crippen molar-refractivity contribution in [2.24, 2.45) is 4.99 Å². The largest absolute Gasteiger partial charge is 0.488 e. The van der Waals surface area contributed by atoms with Crippen molar-refractivity contribution in [3.8, 4) is 5.75 Å². The molecule has 5 heteroatoms. The van der Waals surface area contributed by atoms with Crippen molar-refractivity contribution in [3.05, 3.63) is 57.1 Å².